The lowest BCUT2D eigenvalue weighted by molar-refractivity contribution is 0.657. The van der Waals surface area contributed by atoms with Crippen LogP contribution in [0.5, 0.6) is 0 Å². The Morgan fingerprint density at radius 1 is 0.786 bits per heavy atom. The van der Waals surface area contributed by atoms with Crippen molar-refractivity contribution in [3.8, 4) is 0 Å². The molecule has 0 saturated carbocycles. The fourth-order valence-electron chi connectivity index (χ4n) is 1.76. The first-order chi connectivity index (χ1) is 6.07. The van der Waals surface area contributed by atoms with E-state index in [0.717, 1.165) is 6.04 Å². The van der Waals surface area contributed by atoms with Gasteiger partial charge >= 0.3 is 0 Å². The third-order valence-electron chi connectivity index (χ3n) is 2.20. The van der Waals surface area contributed by atoms with E-state index in [9.17, 15) is 0 Å². The van der Waals surface area contributed by atoms with E-state index < -0.39 is 0 Å². The van der Waals surface area contributed by atoms with E-state index >= 15 is 0 Å². The van der Waals surface area contributed by atoms with Crippen LogP contribution in [0.3, 0.4) is 0 Å². The molecule has 0 spiro atoms. The second-order valence-corrected chi connectivity index (χ2v) is 13.6. The third-order valence-corrected chi connectivity index (χ3v) is 12.7. The second kappa shape index (κ2) is 3.46. The van der Waals surface area contributed by atoms with E-state index in [1.807, 2.05) is 0 Å². The molecule has 0 aliphatic rings. The summed E-state index contributed by atoms with van der Waals surface area (Å²) in [6, 6.07) is 0.741. The Hall–Kier alpha value is 0.400. The Morgan fingerprint density at radius 2 is 1.07 bits per heavy atom. The predicted molar refractivity (Wildman–Crippen MR) is 70.2 cm³/mol. The minimum atomic E-state index is 0.152. The van der Waals surface area contributed by atoms with Gasteiger partial charge in [-0.1, -0.05) is 41.5 Å². The summed E-state index contributed by atoms with van der Waals surface area (Å²) >= 11 is 0. The molecule has 1 aromatic rings. The van der Waals surface area contributed by atoms with Crippen molar-refractivity contribution in [2.24, 2.45) is 0 Å². The van der Waals surface area contributed by atoms with Crippen molar-refractivity contribution in [2.45, 2.75) is 71.7 Å². The van der Waals surface area contributed by atoms with Gasteiger partial charge < -0.3 is 4.09 Å². The molecule has 0 bridgehead atoms. The number of aromatic nitrogens is 1. The summed E-state index contributed by atoms with van der Waals surface area (Å²) in [4.78, 5) is 0. The molecular weight excluding hydrogens is 208 g/mol. The van der Waals surface area contributed by atoms with Gasteiger partial charge in [-0.3, -0.25) is 0 Å². The first-order valence-corrected chi connectivity index (χ1v) is 8.75. The molecule has 2 atom stereocenters. The highest BCUT2D eigenvalue weighted by Gasteiger charge is 2.38. The highest BCUT2D eigenvalue weighted by molar-refractivity contribution is 8.17. The second-order valence-electron chi connectivity index (χ2n) is 6.33. The molecule has 3 heteroatoms. The summed E-state index contributed by atoms with van der Waals surface area (Å²) in [7, 11) is 0.305. The van der Waals surface area contributed by atoms with E-state index in [-0.39, 0.29) is 14.7 Å². The minimum Gasteiger partial charge on any atom is -0.310 e. The van der Waals surface area contributed by atoms with Crippen molar-refractivity contribution >= 4 is 14.7 Å². The number of rotatable bonds is 1. The average Bonchev–Trinajstić information content (AvgIpc) is 2.54. The molecule has 84 valence electrons. The first-order valence-electron chi connectivity index (χ1n) is 5.46. The summed E-state index contributed by atoms with van der Waals surface area (Å²) in [5.74, 6) is 0. The molecule has 0 aliphatic carbocycles. The molecular formula is C11H25NP2. The van der Waals surface area contributed by atoms with Gasteiger partial charge in [0.15, 0.2) is 0 Å². The lowest BCUT2D eigenvalue weighted by atomic mass is 10.3. The van der Waals surface area contributed by atoms with Gasteiger partial charge in [-0.2, -0.15) is 0 Å². The summed E-state index contributed by atoms with van der Waals surface area (Å²) in [5.41, 5.74) is 0. The molecule has 0 fully saturated rings. The molecule has 1 aromatic heterocycles. The van der Waals surface area contributed by atoms with Crippen LogP contribution in [0.4, 0.5) is 0 Å². The lowest BCUT2D eigenvalue weighted by Gasteiger charge is -2.15. The Bertz CT molecular complexity index is 273. The fraction of sp³-hybridized carbons (Fsp3) is 1.00. The molecule has 0 amide bonds. The number of hydrogen-bond acceptors (Lipinski definition) is 0. The number of nitrogens with zero attached hydrogens (tertiary/aromatic N) is 1. The maximum Gasteiger partial charge on any atom is 0.0352 e. The molecule has 0 radical (unpaired) electrons. The highest BCUT2D eigenvalue weighted by Crippen LogP contribution is 2.78. The van der Waals surface area contributed by atoms with Crippen molar-refractivity contribution in [2.75, 3.05) is 0 Å². The molecule has 0 aromatic carbocycles. The smallest absolute Gasteiger partial charge is 0.0352 e. The average molecular weight is 233 g/mol. The van der Waals surface area contributed by atoms with Gasteiger partial charge in [0.1, 0.15) is 0 Å². The summed E-state index contributed by atoms with van der Waals surface area (Å²) in [6.07, 6.45) is 0. The van der Waals surface area contributed by atoms with E-state index in [2.05, 4.69) is 59.5 Å². The minimum absolute atomic E-state index is 0.152. The van der Waals surface area contributed by atoms with Gasteiger partial charge in [0, 0.05) is 16.4 Å². The van der Waals surface area contributed by atoms with Crippen LogP contribution in [0, 0.1) is 0 Å². The maximum atomic E-state index is 2.80. The quantitative estimate of drug-likeness (QED) is 0.599. The van der Waals surface area contributed by atoms with E-state index in [1.54, 1.807) is 0 Å². The van der Waals surface area contributed by atoms with Crippen LogP contribution in [0.1, 0.15) is 61.4 Å². The largest absolute Gasteiger partial charge is 0.310 e. The monoisotopic (exact) mass is 233 g/mol. The Balaban J connectivity index is 3.08. The Morgan fingerprint density at radius 3 is 1.14 bits per heavy atom. The van der Waals surface area contributed by atoms with Crippen molar-refractivity contribution in [3.63, 3.8) is 0 Å². The summed E-state index contributed by atoms with van der Waals surface area (Å²) in [6.45, 7) is 19.1. The predicted octanol–water partition coefficient (Wildman–Crippen LogP) is 5.55. The van der Waals surface area contributed by atoms with Crippen molar-refractivity contribution in [1.29, 1.82) is 0 Å². The summed E-state index contributed by atoms with van der Waals surface area (Å²) in [5, 5.41) is 1.02. The molecule has 0 aliphatic heterocycles. The first kappa shape index (κ1) is 12.5. The van der Waals surface area contributed by atoms with Gasteiger partial charge in [-0.25, -0.2) is 0 Å². The van der Waals surface area contributed by atoms with Crippen LogP contribution in [0.25, 0.3) is 0 Å². The molecule has 1 nitrogen and oxygen atoms in total. The van der Waals surface area contributed by atoms with E-state index in [1.165, 1.54) is 0 Å². The highest BCUT2D eigenvalue weighted by atomic mass is 31.9. The van der Waals surface area contributed by atoms with Crippen LogP contribution >= 0.6 is 14.7 Å². The van der Waals surface area contributed by atoms with Crippen LogP contribution in [-0.2, 0) is 10.3 Å². The van der Waals surface area contributed by atoms with Crippen molar-refractivity contribution in [3.05, 3.63) is 0 Å². The summed E-state index contributed by atoms with van der Waals surface area (Å²) < 4.78 is 2.80. The molecule has 0 N–H and O–H groups in total. The molecule has 0 saturated heterocycles. The van der Waals surface area contributed by atoms with Crippen LogP contribution < -0.4 is 0 Å². The SMILES string of the molecule is CC(C)n1p(C(C)(C)C)p1C(C)(C)C. The van der Waals surface area contributed by atoms with Crippen LogP contribution in [0.15, 0.2) is 0 Å². The molecule has 14 heavy (non-hydrogen) atoms. The zero-order valence-corrected chi connectivity index (χ0v) is 12.7. The Kier molecular flexibility index (Phi) is 3.08. The van der Waals surface area contributed by atoms with Crippen LogP contribution in [0.2, 0.25) is 0 Å². The van der Waals surface area contributed by atoms with Gasteiger partial charge in [0.25, 0.3) is 0 Å². The van der Waals surface area contributed by atoms with Crippen LogP contribution in [-0.4, -0.2) is 4.09 Å². The third kappa shape index (κ3) is 2.31. The van der Waals surface area contributed by atoms with Crippen molar-refractivity contribution < 1.29 is 0 Å². The zero-order valence-electron chi connectivity index (χ0n) is 10.9. The van der Waals surface area contributed by atoms with Gasteiger partial charge in [-0.15, -0.1) is 0 Å². The Labute approximate surface area is 91.0 Å². The van der Waals surface area contributed by atoms with Gasteiger partial charge in [0.05, 0.1) is 0 Å². The zero-order chi connectivity index (χ0) is 11.3. The van der Waals surface area contributed by atoms with Gasteiger partial charge in [-0.05, 0) is 28.6 Å². The lowest BCUT2D eigenvalue weighted by Crippen LogP contribution is -1.99. The number of hydrogen-bond donors (Lipinski definition) is 0. The molecule has 1 rings (SSSR count). The fourth-order valence-corrected chi connectivity index (χ4v) is 13.1. The normalized spacial score (nSPS) is 16.9. The molecule has 2 unspecified atom stereocenters. The van der Waals surface area contributed by atoms with E-state index in [4.69, 9.17) is 0 Å². The topological polar surface area (TPSA) is 4.93 Å². The maximum absolute atomic E-state index is 2.80. The standard InChI is InChI=1S/C11H25NP2/c1-9(2)12-13(10(3,4)5)14(12)11(6,7)8/h9H,1-8H3. The van der Waals surface area contributed by atoms with Gasteiger partial charge in [0.2, 0.25) is 0 Å². The molecule has 1 heterocycles. The van der Waals surface area contributed by atoms with Crippen molar-refractivity contribution in [1.82, 2.24) is 4.09 Å². The van der Waals surface area contributed by atoms with E-state index in [0.29, 0.717) is 10.3 Å².